The first-order valence-corrected chi connectivity index (χ1v) is 6.12. The molecule has 1 aromatic rings. The maximum Gasteiger partial charge on any atom is 0.0982 e. The fraction of sp³-hybridized carbons (Fsp3) is 0.583. The van der Waals surface area contributed by atoms with E-state index in [1.54, 1.807) is 11.3 Å². The van der Waals surface area contributed by atoms with Gasteiger partial charge in [0.05, 0.1) is 10.7 Å². The molecule has 0 aromatic carbocycles. The van der Waals surface area contributed by atoms with Gasteiger partial charge in [-0.05, 0) is 6.92 Å². The van der Waals surface area contributed by atoms with Gasteiger partial charge in [0.2, 0.25) is 0 Å². The molecule has 15 heavy (non-hydrogen) atoms. The molecule has 1 heterocycles. The van der Waals surface area contributed by atoms with Gasteiger partial charge in [0.15, 0.2) is 0 Å². The van der Waals surface area contributed by atoms with Gasteiger partial charge in [-0.25, -0.2) is 4.98 Å². The molecule has 0 saturated heterocycles. The molecule has 84 valence electrons. The van der Waals surface area contributed by atoms with Crippen molar-refractivity contribution in [2.45, 2.75) is 45.7 Å². The molecule has 2 nitrogen and oxygen atoms in total. The van der Waals surface area contributed by atoms with Crippen molar-refractivity contribution in [2.75, 3.05) is 0 Å². The lowest BCUT2D eigenvalue weighted by Gasteiger charge is -2.13. The average molecular weight is 224 g/mol. The monoisotopic (exact) mass is 224 g/mol. The zero-order chi connectivity index (χ0) is 11.5. The first kappa shape index (κ1) is 12.4. The van der Waals surface area contributed by atoms with E-state index < -0.39 is 0 Å². The highest BCUT2D eigenvalue weighted by Crippen LogP contribution is 2.25. The fourth-order valence-corrected chi connectivity index (χ4v) is 1.99. The molecule has 1 aromatic heterocycles. The Labute approximate surface area is 96.4 Å². The molecule has 3 heteroatoms. The second-order valence-electron chi connectivity index (χ2n) is 4.80. The topological polar surface area (TPSA) is 24.9 Å². The summed E-state index contributed by atoms with van der Waals surface area (Å²) in [4.78, 5) is 4.61. The normalized spacial score (nSPS) is 13.9. The van der Waals surface area contributed by atoms with Crippen LogP contribution in [0.2, 0.25) is 0 Å². The van der Waals surface area contributed by atoms with Crippen molar-refractivity contribution in [1.29, 1.82) is 0 Å². The molecule has 0 amide bonds. The zero-order valence-corrected chi connectivity index (χ0v) is 10.8. The van der Waals surface area contributed by atoms with E-state index in [9.17, 15) is 0 Å². The predicted molar refractivity (Wildman–Crippen MR) is 67.3 cm³/mol. The second-order valence-corrected chi connectivity index (χ2v) is 5.66. The van der Waals surface area contributed by atoms with Crippen LogP contribution in [0.4, 0.5) is 0 Å². The molecular formula is C12H20N2S. The number of thiazole rings is 1. The van der Waals surface area contributed by atoms with E-state index in [0.29, 0.717) is 6.04 Å². The van der Waals surface area contributed by atoms with Gasteiger partial charge < -0.3 is 5.32 Å². The highest BCUT2D eigenvalue weighted by atomic mass is 32.1. The maximum absolute atomic E-state index is 4.61. The van der Waals surface area contributed by atoms with Crippen LogP contribution in [0.5, 0.6) is 0 Å². The summed E-state index contributed by atoms with van der Waals surface area (Å²) in [6.07, 6.45) is 1.90. The van der Waals surface area contributed by atoms with Crippen molar-refractivity contribution in [3.8, 4) is 0 Å². The molecule has 0 aliphatic rings. The summed E-state index contributed by atoms with van der Waals surface area (Å²) >= 11 is 1.74. The Morgan fingerprint density at radius 2 is 2.27 bits per heavy atom. The van der Waals surface area contributed by atoms with E-state index in [1.165, 1.54) is 5.01 Å². The van der Waals surface area contributed by atoms with E-state index in [4.69, 9.17) is 0 Å². The van der Waals surface area contributed by atoms with E-state index in [1.807, 2.05) is 6.08 Å². The van der Waals surface area contributed by atoms with Gasteiger partial charge in [0.1, 0.15) is 0 Å². The molecule has 1 rings (SSSR count). The molecule has 0 spiro atoms. The molecular weight excluding hydrogens is 204 g/mol. The van der Waals surface area contributed by atoms with E-state index in [2.05, 4.69) is 50.0 Å². The van der Waals surface area contributed by atoms with Gasteiger partial charge >= 0.3 is 0 Å². The minimum absolute atomic E-state index is 0.160. The van der Waals surface area contributed by atoms with Crippen LogP contribution in [0.1, 0.15) is 38.4 Å². The van der Waals surface area contributed by atoms with Gasteiger partial charge in [-0.15, -0.1) is 17.9 Å². The SMILES string of the molecule is C=CC(C)NCc1csc(C(C)(C)C)n1. The third kappa shape index (κ3) is 3.76. The van der Waals surface area contributed by atoms with Crippen LogP contribution in [0.3, 0.4) is 0 Å². The molecule has 0 aliphatic heterocycles. The van der Waals surface area contributed by atoms with Crippen molar-refractivity contribution >= 4 is 11.3 Å². The number of nitrogens with zero attached hydrogens (tertiary/aromatic N) is 1. The molecule has 0 radical (unpaired) electrons. The molecule has 0 bridgehead atoms. The van der Waals surface area contributed by atoms with E-state index >= 15 is 0 Å². The number of hydrogen-bond donors (Lipinski definition) is 1. The minimum Gasteiger partial charge on any atom is -0.305 e. The third-order valence-corrected chi connectivity index (χ3v) is 3.47. The van der Waals surface area contributed by atoms with Crippen molar-refractivity contribution in [2.24, 2.45) is 0 Å². The Balaban J connectivity index is 2.57. The smallest absolute Gasteiger partial charge is 0.0982 e. The van der Waals surface area contributed by atoms with E-state index in [0.717, 1.165) is 12.2 Å². The molecule has 0 saturated carbocycles. The first-order chi connectivity index (χ1) is 6.93. The van der Waals surface area contributed by atoms with Gasteiger partial charge in [-0.1, -0.05) is 26.8 Å². The summed E-state index contributed by atoms with van der Waals surface area (Å²) in [7, 11) is 0. The van der Waals surface area contributed by atoms with Crippen LogP contribution in [-0.2, 0) is 12.0 Å². The Hall–Kier alpha value is -0.670. The zero-order valence-electron chi connectivity index (χ0n) is 10.0. The molecule has 1 N–H and O–H groups in total. The second kappa shape index (κ2) is 4.90. The molecule has 1 atom stereocenters. The quantitative estimate of drug-likeness (QED) is 0.795. The van der Waals surface area contributed by atoms with Crippen LogP contribution in [-0.4, -0.2) is 11.0 Å². The summed E-state index contributed by atoms with van der Waals surface area (Å²) in [6, 6.07) is 0.338. The average Bonchev–Trinajstić information content (AvgIpc) is 2.61. The van der Waals surface area contributed by atoms with E-state index in [-0.39, 0.29) is 5.41 Å². The van der Waals surface area contributed by atoms with Crippen LogP contribution < -0.4 is 5.32 Å². The lowest BCUT2D eigenvalue weighted by Crippen LogP contribution is -2.23. The Morgan fingerprint density at radius 3 is 2.73 bits per heavy atom. The standard InChI is InChI=1S/C12H20N2S/c1-6-9(2)13-7-10-8-15-11(14-10)12(3,4)5/h6,8-9,13H,1,7H2,2-5H3. The van der Waals surface area contributed by atoms with Crippen molar-refractivity contribution in [3.05, 3.63) is 28.7 Å². The largest absolute Gasteiger partial charge is 0.305 e. The summed E-state index contributed by atoms with van der Waals surface area (Å²) < 4.78 is 0. The highest BCUT2D eigenvalue weighted by Gasteiger charge is 2.17. The highest BCUT2D eigenvalue weighted by molar-refractivity contribution is 7.09. The van der Waals surface area contributed by atoms with Gasteiger partial charge in [0.25, 0.3) is 0 Å². The van der Waals surface area contributed by atoms with Crippen LogP contribution >= 0.6 is 11.3 Å². The summed E-state index contributed by atoms with van der Waals surface area (Å²) in [5.41, 5.74) is 1.28. The predicted octanol–water partition coefficient (Wildman–Crippen LogP) is 3.10. The Kier molecular flexibility index (Phi) is 4.05. The van der Waals surface area contributed by atoms with Gasteiger partial charge in [0, 0.05) is 23.4 Å². The van der Waals surface area contributed by atoms with Crippen molar-refractivity contribution in [1.82, 2.24) is 10.3 Å². The Morgan fingerprint density at radius 1 is 1.60 bits per heavy atom. The Bertz CT molecular complexity index is 323. The van der Waals surface area contributed by atoms with Crippen LogP contribution in [0.25, 0.3) is 0 Å². The van der Waals surface area contributed by atoms with Crippen LogP contribution in [0.15, 0.2) is 18.0 Å². The summed E-state index contributed by atoms with van der Waals surface area (Å²) in [5.74, 6) is 0. The fourth-order valence-electron chi connectivity index (χ4n) is 1.08. The molecule has 0 aliphatic carbocycles. The lowest BCUT2D eigenvalue weighted by molar-refractivity contribution is 0.575. The molecule has 0 fully saturated rings. The number of rotatable bonds is 4. The lowest BCUT2D eigenvalue weighted by atomic mass is 9.98. The van der Waals surface area contributed by atoms with Crippen molar-refractivity contribution < 1.29 is 0 Å². The number of nitrogens with one attached hydrogen (secondary N) is 1. The first-order valence-electron chi connectivity index (χ1n) is 5.24. The number of hydrogen-bond acceptors (Lipinski definition) is 3. The number of aromatic nitrogens is 1. The molecule has 1 unspecified atom stereocenters. The third-order valence-electron chi connectivity index (χ3n) is 2.15. The summed E-state index contributed by atoms with van der Waals surface area (Å²) in [5, 5.41) is 6.67. The van der Waals surface area contributed by atoms with Gasteiger partial charge in [-0.3, -0.25) is 0 Å². The van der Waals surface area contributed by atoms with Gasteiger partial charge in [-0.2, -0.15) is 0 Å². The van der Waals surface area contributed by atoms with Crippen LogP contribution in [0, 0.1) is 0 Å². The minimum atomic E-state index is 0.160. The maximum atomic E-state index is 4.61. The summed E-state index contributed by atoms with van der Waals surface area (Å²) in [6.45, 7) is 13.2. The van der Waals surface area contributed by atoms with Crippen molar-refractivity contribution in [3.63, 3.8) is 0 Å².